The highest BCUT2D eigenvalue weighted by atomic mass is 35.5. The topological polar surface area (TPSA) is 96.0 Å². The van der Waals surface area contributed by atoms with Crippen molar-refractivity contribution in [2.75, 3.05) is 24.2 Å². The molecule has 0 radical (unpaired) electrons. The summed E-state index contributed by atoms with van der Waals surface area (Å²) in [7, 11) is -2.57. The van der Waals surface area contributed by atoms with Gasteiger partial charge < -0.3 is 15.0 Å². The first-order valence-corrected chi connectivity index (χ1v) is 15.2. The average molecular weight is 607 g/mol. The number of rotatable bonds is 12. The Bertz CT molecular complexity index is 1420. The summed E-state index contributed by atoms with van der Waals surface area (Å²) in [6.45, 7) is 3.13. The van der Waals surface area contributed by atoms with Gasteiger partial charge in [-0.3, -0.25) is 13.9 Å². The molecule has 0 unspecified atom stereocenters. The van der Waals surface area contributed by atoms with Gasteiger partial charge in [0.05, 0.1) is 19.1 Å². The van der Waals surface area contributed by atoms with E-state index in [2.05, 4.69) is 5.32 Å². The van der Waals surface area contributed by atoms with E-state index in [1.165, 1.54) is 24.1 Å². The van der Waals surface area contributed by atoms with Crippen molar-refractivity contribution < 1.29 is 22.7 Å². The van der Waals surface area contributed by atoms with Crippen LogP contribution in [0.2, 0.25) is 10.0 Å². The van der Waals surface area contributed by atoms with Crippen molar-refractivity contribution in [2.45, 2.75) is 38.9 Å². The first kappa shape index (κ1) is 31.3. The second-order valence-electron chi connectivity index (χ2n) is 9.60. The van der Waals surface area contributed by atoms with Crippen molar-refractivity contribution >= 4 is 50.7 Å². The highest BCUT2D eigenvalue weighted by Crippen LogP contribution is 2.33. The molecule has 0 aliphatic rings. The van der Waals surface area contributed by atoms with Crippen LogP contribution in [0, 0.1) is 0 Å². The maximum absolute atomic E-state index is 14.1. The lowest BCUT2D eigenvalue weighted by atomic mass is 10.0. The third kappa shape index (κ3) is 8.61. The fourth-order valence-corrected chi connectivity index (χ4v) is 5.31. The number of carbonyl (C=O) groups is 2. The zero-order valence-corrected chi connectivity index (χ0v) is 25.1. The summed E-state index contributed by atoms with van der Waals surface area (Å²) in [4.78, 5) is 29.0. The van der Waals surface area contributed by atoms with Crippen LogP contribution < -0.4 is 14.4 Å². The van der Waals surface area contributed by atoms with E-state index >= 15 is 0 Å². The Morgan fingerprint density at radius 2 is 1.55 bits per heavy atom. The van der Waals surface area contributed by atoms with Crippen LogP contribution in [0.4, 0.5) is 5.69 Å². The molecular weight excluding hydrogens is 573 g/mol. The molecule has 3 aromatic rings. The highest BCUT2D eigenvalue weighted by molar-refractivity contribution is 7.92. The number of methoxy groups -OCH3 is 1. The number of hydrogen-bond acceptors (Lipinski definition) is 5. The van der Waals surface area contributed by atoms with E-state index < -0.39 is 28.5 Å². The van der Waals surface area contributed by atoms with E-state index in [-0.39, 0.29) is 41.4 Å². The summed E-state index contributed by atoms with van der Waals surface area (Å²) in [5, 5.41) is 3.71. The molecule has 2 amide bonds. The molecule has 3 aromatic carbocycles. The SMILES string of the molecule is COc1ccc(Cl)cc1N(CC(=O)N(Cc1ccc(Cl)cc1)[C@@H](Cc1ccccc1)C(=O)NC(C)C)S(C)(=O)=O. The molecule has 40 heavy (non-hydrogen) atoms. The maximum Gasteiger partial charge on any atom is 0.244 e. The molecule has 3 rings (SSSR count). The van der Waals surface area contributed by atoms with Gasteiger partial charge in [0.1, 0.15) is 18.3 Å². The first-order chi connectivity index (χ1) is 18.9. The standard InChI is InChI=1S/C29H33Cl2N3O5S/c1-20(2)32-29(36)26(16-21-8-6-5-7-9-21)33(18-22-10-12-23(30)13-11-22)28(35)19-34(40(4,37)38)25-17-24(31)14-15-27(25)39-3/h5-15,17,20,26H,16,18-19H2,1-4H3,(H,32,36)/t26-/m0/s1. The van der Waals surface area contributed by atoms with Crippen molar-refractivity contribution in [2.24, 2.45) is 0 Å². The fourth-order valence-electron chi connectivity index (χ4n) is 4.17. The number of sulfonamides is 1. The molecule has 0 saturated carbocycles. The van der Waals surface area contributed by atoms with Gasteiger partial charge in [-0.2, -0.15) is 0 Å². The Balaban J connectivity index is 2.09. The Morgan fingerprint density at radius 1 is 0.925 bits per heavy atom. The monoisotopic (exact) mass is 605 g/mol. The van der Waals surface area contributed by atoms with Crippen LogP contribution in [0.5, 0.6) is 5.75 Å². The van der Waals surface area contributed by atoms with Gasteiger partial charge in [0.2, 0.25) is 21.8 Å². The molecule has 1 atom stereocenters. The summed E-state index contributed by atoms with van der Waals surface area (Å²) in [5.74, 6) is -0.708. The zero-order valence-electron chi connectivity index (χ0n) is 22.8. The average Bonchev–Trinajstić information content (AvgIpc) is 2.89. The number of ether oxygens (including phenoxy) is 1. The second kappa shape index (κ2) is 13.9. The largest absolute Gasteiger partial charge is 0.495 e. The third-order valence-corrected chi connectivity index (χ3v) is 7.67. The van der Waals surface area contributed by atoms with Gasteiger partial charge in [0, 0.05) is 29.1 Å². The van der Waals surface area contributed by atoms with Gasteiger partial charge in [-0.15, -0.1) is 0 Å². The van der Waals surface area contributed by atoms with Gasteiger partial charge in [-0.05, 0) is 55.3 Å². The van der Waals surface area contributed by atoms with Crippen molar-refractivity contribution in [3.63, 3.8) is 0 Å². The Labute approximate surface area is 245 Å². The summed E-state index contributed by atoms with van der Waals surface area (Å²) in [5.41, 5.74) is 1.68. The van der Waals surface area contributed by atoms with Crippen LogP contribution in [0.15, 0.2) is 72.8 Å². The molecule has 11 heteroatoms. The molecule has 0 aliphatic carbocycles. The number of nitrogens with one attached hydrogen (secondary N) is 1. The predicted molar refractivity (Wildman–Crippen MR) is 159 cm³/mol. The normalized spacial score (nSPS) is 12.1. The van der Waals surface area contributed by atoms with Crippen LogP contribution in [0.1, 0.15) is 25.0 Å². The van der Waals surface area contributed by atoms with Gasteiger partial charge in [0.15, 0.2) is 0 Å². The zero-order chi connectivity index (χ0) is 29.4. The van der Waals surface area contributed by atoms with Gasteiger partial charge in [-0.1, -0.05) is 65.7 Å². The highest BCUT2D eigenvalue weighted by Gasteiger charge is 2.34. The van der Waals surface area contributed by atoms with E-state index in [0.717, 1.165) is 21.7 Å². The lowest BCUT2D eigenvalue weighted by molar-refractivity contribution is -0.140. The number of halogens is 2. The molecule has 0 heterocycles. The number of nitrogens with zero attached hydrogens (tertiary/aromatic N) is 2. The maximum atomic E-state index is 14.1. The number of benzene rings is 3. The first-order valence-electron chi connectivity index (χ1n) is 12.6. The molecule has 0 saturated heterocycles. The van der Waals surface area contributed by atoms with Crippen LogP contribution in [-0.4, -0.2) is 57.1 Å². The molecule has 0 spiro atoms. The van der Waals surface area contributed by atoms with Gasteiger partial charge >= 0.3 is 0 Å². The molecule has 0 aromatic heterocycles. The fraction of sp³-hybridized carbons (Fsp3) is 0.310. The Kier molecular flexibility index (Phi) is 10.8. The number of hydrogen-bond donors (Lipinski definition) is 1. The lowest BCUT2D eigenvalue weighted by Gasteiger charge is -2.34. The van der Waals surface area contributed by atoms with Crippen LogP contribution in [0.25, 0.3) is 0 Å². The molecule has 0 bridgehead atoms. The van der Waals surface area contributed by atoms with Crippen LogP contribution in [0.3, 0.4) is 0 Å². The van der Waals surface area contributed by atoms with E-state index in [0.29, 0.717) is 5.02 Å². The predicted octanol–water partition coefficient (Wildman–Crippen LogP) is 4.93. The summed E-state index contributed by atoms with van der Waals surface area (Å²) >= 11 is 12.3. The minimum Gasteiger partial charge on any atom is -0.495 e. The molecule has 0 aliphatic heterocycles. The van der Waals surface area contributed by atoms with Crippen molar-refractivity contribution in [3.05, 3.63) is 94.0 Å². The Morgan fingerprint density at radius 3 is 2.12 bits per heavy atom. The molecular formula is C29H33Cl2N3O5S. The van der Waals surface area contributed by atoms with Crippen LogP contribution >= 0.6 is 23.2 Å². The van der Waals surface area contributed by atoms with Crippen molar-refractivity contribution in [1.82, 2.24) is 10.2 Å². The molecule has 0 fully saturated rings. The van der Waals surface area contributed by atoms with E-state index in [4.69, 9.17) is 27.9 Å². The minimum absolute atomic E-state index is 0.0449. The van der Waals surface area contributed by atoms with E-state index in [1.807, 2.05) is 44.2 Å². The smallest absolute Gasteiger partial charge is 0.244 e. The van der Waals surface area contributed by atoms with Crippen molar-refractivity contribution in [1.29, 1.82) is 0 Å². The number of amides is 2. The van der Waals surface area contributed by atoms with Crippen LogP contribution in [-0.2, 0) is 32.6 Å². The quantitative estimate of drug-likeness (QED) is 0.316. The molecule has 214 valence electrons. The van der Waals surface area contributed by atoms with Crippen molar-refractivity contribution in [3.8, 4) is 5.75 Å². The van der Waals surface area contributed by atoms with Gasteiger partial charge in [-0.25, -0.2) is 8.42 Å². The lowest BCUT2D eigenvalue weighted by Crippen LogP contribution is -2.54. The summed E-state index contributed by atoms with van der Waals surface area (Å²) in [6.07, 6.45) is 1.22. The molecule has 1 N–H and O–H groups in total. The minimum atomic E-state index is -3.97. The number of anilines is 1. The third-order valence-electron chi connectivity index (χ3n) is 6.06. The van der Waals surface area contributed by atoms with Gasteiger partial charge in [0.25, 0.3) is 0 Å². The summed E-state index contributed by atoms with van der Waals surface area (Å²) in [6, 6.07) is 19.6. The molecule has 8 nitrogen and oxygen atoms in total. The van der Waals surface area contributed by atoms with E-state index in [9.17, 15) is 18.0 Å². The number of carbonyl (C=O) groups excluding carboxylic acids is 2. The Hall–Kier alpha value is -3.27. The summed E-state index contributed by atoms with van der Waals surface area (Å²) < 4.78 is 32.2. The second-order valence-corrected chi connectivity index (χ2v) is 12.4. The van der Waals surface area contributed by atoms with E-state index in [1.54, 1.807) is 30.3 Å².